The second-order valence-electron chi connectivity index (χ2n) is 8.76. The maximum atomic E-state index is 13.1. The zero-order valence-electron chi connectivity index (χ0n) is 18.6. The lowest BCUT2D eigenvalue weighted by Gasteiger charge is -2.31. The number of benzene rings is 1. The number of nitrogens with one attached hydrogen (secondary N) is 1. The van der Waals surface area contributed by atoms with Gasteiger partial charge < -0.3 is 14.7 Å². The lowest BCUT2D eigenvalue weighted by Crippen LogP contribution is -2.39. The first-order valence-corrected chi connectivity index (χ1v) is 11.4. The van der Waals surface area contributed by atoms with Gasteiger partial charge in [0.15, 0.2) is 0 Å². The first-order valence-electron chi connectivity index (χ1n) is 11.4. The third kappa shape index (κ3) is 4.55. The highest BCUT2D eigenvalue weighted by molar-refractivity contribution is 5.93. The smallest absolute Gasteiger partial charge is 0.272 e. The normalized spacial score (nSPS) is 14.5. The number of fused-ring (bicyclic) bond motifs is 1. The molecule has 0 aliphatic carbocycles. The molecule has 1 aliphatic heterocycles. The standard InChI is InChI=1S/C27H26N4O2/c1-18(32)14-19-10-12-31(13-11-19)27(33)24-9-5-8-23(29-24)22-15-21-16-25(30-26(21)28-17-22)20-6-3-2-4-7-20/h2-9,15-17,19H,10-14H2,1H3,(H,28,30). The Kier molecular flexibility index (Phi) is 5.73. The van der Waals surface area contributed by atoms with Gasteiger partial charge >= 0.3 is 0 Å². The van der Waals surface area contributed by atoms with Crippen LogP contribution in [0.3, 0.4) is 0 Å². The summed E-state index contributed by atoms with van der Waals surface area (Å²) >= 11 is 0. The van der Waals surface area contributed by atoms with E-state index in [0.29, 0.717) is 31.1 Å². The molecule has 6 nitrogen and oxygen atoms in total. The molecule has 166 valence electrons. The van der Waals surface area contributed by atoms with E-state index in [1.165, 1.54) is 0 Å². The Morgan fingerprint density at radius 3 is 2.55 bits per heavy atom. The summed E-state index contributed by atoms with van der Waals surface area (Å²) in [7, 11) is 0. The second-order valence-corrected chi connectivity index (χ2v) is 8.76. The van der Waals surface area contributed by atoms with Gasteiger partial charge in [0.05, 0.1) is 5.69 Å². The van der Waals surface area contributed by atoms with Crippen molar-refractivity contribution in [1.82, 2.24) is 19.9 Å². The summed E-state index contributed by atoms with van der Waals surface area (Å²) < 4.78 is 0. The Hall–Kier alpha value is -3.80. The highest BCUT2D eigenvalue weighted by atomic mass is 16.2. The van der Waals surface area contributed by atoms with Gasteiger partial charge in [-0.1, -0.05) is 36.4 Å². The van der Waals surface area contributed by atoms with Crippen molar-refractivity contribution in [3.8, 4) is 22.5 Å². The van der Waals surface area contributed by atoms with Gasteiger partial charge in [0.2, 0.25) is 0 Å². The molecule has 6 heteroatoms. The number of piperidine rings is 1. The van der Waals surface area contributed by atoms with E-state index in [0.717, 1.165) is 46.4 Å². The molecule has 4 aromatic rings. The first-order chi connectivity index (χ1) is 16.1. The third-order valence-corrected chi connectivity index (χ3v) is 6.30. The summed E-state index contributed by atoms with van der Waals surface area (Å²) in [6.07, 6.45) is 4.12. The Bertz CT molecular complexity index is 1300. The monoisotopic (exact) mass is 438 g/mol. The van der Waals surface area contributed by atoms with Crippen LogP contribution in [0.4, 0.5) is 0 Å². The molecule has 1 saturated heterocycles. The van der Waals surface area contributed by atoms with E-state index in [-0.39, 0.29) is 11.7 Å². The van der Waals surface area contributed by atoms with Crippen molar-refractivity contribution in [3.05, 3.63) is 72.6 Å². The fourth-order valence-corrected chi connectivity index (χ4v) is 4.55. The zero-order chi connectivity index (χ0) is 22.8. The number of rotatable bonds is 5. The minimum Gasteiger partial charge on any atom is -0.339 e. The van der Waals surface area contributed by atoms with Crippen LogP contribution in [0.2, 0.25) is 0 Å². The van der Waals surface area contributed by atoms with Crippen LogP contribution in [0.1, 0.15) is 36.7 Å². The van der Waals surface area contributed by atoms with Crippen LogP contribution in [-0.4, -0.2) is 44.6 Å². The molecule has 33 heavy (non-hydrogen) atoms. The van der Waals surface area contributed by atoms with Crippen LogP contribution in [0, 0.1) is 5.92 Å². The zero-order valence-corrected chi connectivity index (χ0v) is 18.6. The molecule has 1 fully saturated rings. The molecule has 0 spiro atoms. The Morgan fingerprint density at radius 1 is 1.00 bits per heavy atom. The minimum absolute atomic E-state index is 0.0554. The van der Waals surface area contributed by atoms with Crippen molar-refractivity contribution >= 4 is 22.7 Å². The largest absolute Gasteiger partial charge is 0.339 e. The van der Waals surface area contributed by atoms with Crippen LogP contribution in [0.5, 0.6) is 0 Å². The van der Waals surface area contributed by atoms with Crippen molar-refractivity contribution in [1.29, 1.82) is 0 Å². The molecule has 5 rings (SSSR count). The van der Waals surface area contributed by atoms with E-state index in [1.807, 2.05) is 35.2 Å². The summed E-state index contributed by atoms with van der Waals surface area (Å²) in [6.45, 7) is 2.97. The lowest BCUT2D eigenvalue weighted by molar-refractivity contribution is -0.118. The number of H-pyrrole nitrogens is 1. The summed E-state index contributed by atoms with van der Waals surface area (Å²) in [5.74, 6) is 0.545. The SMILES string of the molecule is CC(=O)CC1CCN(C(=O)c2cccc(-c3cnc4[nH]c(-c5ccccc5)cc4c3)n2)CC1. The Morgan fingerprint density at radius 2 is 1.79 bits per heavy atom. The summed E-state index contributed by atoms with van der Waals surface area (Å²) in [6, 6.07) is 19.8. The van der Waals surface area contributed by atoms with Crippen molar-refractivity contribution in [2.75, 3.05) is 13.1 Å². The molecule has 0 saturated carbocycles. The molecule has 0 atom stereocenters. The van der Waals surface area contributed by atoms with Crippen molar-refractivity contribution < 1.29 is 9.59 Å². The molecular formula is C27H26N4O2. The molecule has 1 N–H and O–H groups in total. The van der Waals surface area contributed by atoms with Gasteiger partial charge in [0.1, 0.15) is 17.1 Å². The summed E-state index contributed by atoms with van der Waals surface area (Å²) in [4.78, 5) is 38.9. The van der Waals surface area contributed by atoms with Gasteiger partial charge in [-0.15, -0.1) is 0 Å². The number of pyridine rings is 2. The number of ketones is 1. The van der Waals surface area contributed by atoms with Crippen LogP contribution in [-0.2, 0) is 4.79 Å². The maximum Gasteiger partial charge on any atom is 0.272 e. The highest BCUT2D eigenvalue weighted by Crippen LogP contribution is 2.27. The van der Waals surface area contributed by atoms with E-state index >= 15 is 0 Å². The fourth-order valence-electron chi connectivity index (χ4n) is 4.55. The lowest BCUT2D eigenvalue weighted by atomic mass is 9.92. The van der Waals surface area contributed by atoms with Crippen LogP contribution in [0.25, 0.3) is 33.5 Å². The quantitative estimate of drug-likeness (QED) is 0.469. The van der Waals surface area contributed by atoms with Crippen molar-refractivity contribution in [2.24, 2.45) is 5.92 Å². The average Bonchev–Trinajstić information content (AvgIpc) is 3.28. The van der Waals surface area contributed by atoms with E-state index in [1.54, 1.807) is 19.2 Å². The van der Waals surface area contributed by atoms with Gasteiger partial charge in [-0.3, -0.25) is 4.79 Å². The number of hydrogen-bond acceptors (Lipinski definition) is 4. The van der Waals surface area contributed by atoms with Crippen molar-refractivity contribution in [2.45, 2.75) is 26.2 Å². The molecule has 1 aliphatic rings. The molecule has 0 unspecified atom stereocenters. The molecule has 0 radical (unpaired) electrons. The van der Waals surface area contributed by atoms with E-state index in [4.69, 9.17) is 0 Å². The predicted molar refractivity (Wildman–Crippen MR) is 129 cm³/mol. The van der Waals surface area contributed by atoms with Gasteiger partial charge in [0, 0.05) is 42.4 Å². The molecular weight excluding hydrogens is 412 g/mol. The van der Waals surface area contributed by atoms with Gasteiger partial charge in [-0.05, 0) is 55.5 Å². The van der Waals surface area contributed by atoms with Crippen molar-refractivity contribution in [3.63, 3.8) is 0 Å². The average molecular weight is 439 g/mol. The Balaban J connectivity index is 1.35. The maximum absolute atomic E-state index is 13.1. The summed E-state index contributed by atoms with van der Waals surface area (Å²) in [5, 5.41) is 0.998. The van der Waals surface area contributed by atoms with E-state index in [9.17, 15) is 9.59 Å². The van der Waals surface area contributed by atoms with Gasteiger partial charge in [-0.25, -0.2) is 9.97 Å². The number of carbonyl (C=O) groups excluding carboxylic acids is 2. The second kappa shape index (κ2) is 8.98. The predicted octanol–water partition coefficient (Wildman–Crippen LogP) is 5.12. The number of Topliss-reactive ketones (excluding diaryl/α,β-unsaturated/α-hetero) is 1. The third-order valence-electron chi connectivity index (χ3n) is 6.30. The minimum atomic E-state index is -0.0554. The number of amides is 1. The van der Waals surface area contributed by atoms with Crippen LogP contribution >= 0.6 is 0 Å². The number of aromatic nitrogens is 3. The molecule has 3 aromatic heterocycles. The molecule has 4 heterocycles. The number of nitrogens with zero attached hydrogens (tertiary/aromatic N) is 3. The number of hydrogen-bond donors (Lipinski definition) is 1. The number of carbonyl (C=O) groups is 2. The van der Waals surface area contributed by atoms with Gasteiger partial charge in [-0.2, -0.15) is 0 Å². The Labute approximate surface area is 192 Å². The van der Waals surface area contributed by atoms with E-state index in [2.05, 4.69) is 39.2 Å². The summed E-state index contributed by atoms with van der Waals surface area (Å²) in [5.41, 5.74) is 4.98. The van der Waals surface area contributed by atoms with Crippen LogP contribution < -0.4 is 0 Å². The topological polar surface area (TPSA) is 79.0 Å². The highest BCUT2D eigenvalue weighted by Gasteiger charge is 2.25. The van der Waals surface area contributed by atoms with Gasteiger partial charge in [0.25, 0.3) is 5.91 Å². The number of likely N-dealkylation sites (tertiary alicyclic amines) is 1. The molecule has 1 aromatic carbocycles. The van der Waals surface area contributed by atoms with Crippen LogP contribution in [0.15, 0.2) is 66.9 Å². The molecule has 0 bridgehead atoms. The van der Waals surface area contributed by atoms with E-state index < -0.39 is 0 Å². The number of aromatic amines is 1. The fraction of sp³-hybridized carbons (Fsp3) is 0.259. The molecule has 1 amide bonds. The first kappa shape index (κ1) is 21.1.